The zero-order valence-electron chi connectivity index (χ0n) is 11.5. The van der Waals surface area contributed by atoms with E-state index in [2.05, 4.69) is 0 Å². The fourth-order valence-corrected chi connectivity index (χ4v) is 3.72. The Morgan fingerprint density at radius 3 is 2.25 bits per heavy atom. The lowest BCUT2D eigenvalue weighted by Gasteiger charge is -2.40. The maximum absolute atomic E-state index is 14.0. The summed E-state index contributed by atoms with van der Waals surface area (Å²) in [4.78, 5) is 1.92. The summed E-state index contributed by atoms with van der Waals surface area (Å²) < 4.78 is 27.7. The van der Waals surface area contributed by atoms with Crippen LogP contribution in [0.4, 0.5) is 14.5 Å². The highest BCUT2D eigenvalue weighted by molar-refractivity contribution is 5.52. The molecule has 1 heterocycles. The number of hydrogen-bond acceptors (Lipinski definition) is 2. The number of hydrogen-bond donors (Lipinski definition) is 0. The van der Waals surface area contributed by atoms with Gasteiger partial charge in [0.1, 0.15) is 6.07 Å². The van der Waals surface area contributed by atoms with Gasteiger partial charge in [0.2, 0.25) is 0 Å². The van der Waals surface area contributed by atoms with Gasteiger partial charge in [0.15, 0.2) is 11.6 Å². The van der Waals surface area contributed by atoms with Crippen LogP contribution < -0.4 is 4.90 Å². The minimum Gasteiger partial charge on any atom is -0.369 e. The van der Waals surface area contributed by atoms with E-state index < -0.39 is 11.6 Å². The molecule has 0 atom stereocenters. The second-order valence-corrected chi connectivity index (χ2v) is 6.07. The second-order valence-electron chi connectivity index (χ2n) is 6.07. The third kappa shape index (κ3) is 2.15. The van der Waals surface area contributed by atoms with Gasteiger partial charge in [0.25, 0.3) is 0 Å². The minimum absolute atomic E-state index is 0.226. The molecule has 2 nitrogen and oxygen atoms in total. The van der Waals surface area contributed by atoms with E-state index in [1.807, 2.05) is 4.90 Å². The van der Waals surface area contributed by atoms with Gasteiger partial charge >= 0.3 is 0 Å². The highest BCUT2D eigenvalue weighted by Crippen LogP contribution is 2.46. The highest BCUT2D eigenvalue weighted by atomic mass is 19.2. The molecule has 1 aliphatic carbocycles. The standard InChI is InChI=1S/C16H18F2N2/c17-14-12(11-19)3-4-13(15(14)18)20-9-7-16(8-10-20)5-1-2-6-16/h3-4H,1-2,5-10H2. The topological polar surface area (TPSA) is 27.0 Å². The van der Waals surface area contributed by atoms with Gasteiger partial charge in [-0.1, -0.05) is 12.8 Å². The molecular weight excluding hydrogens is 258 g/mol. The van der Waals surface area contributed by atoms with Crippen molar-refractivity contribution in [1.82, 2.24) is 0 Å². The van der Waals surface area contributed by atoms with E-state index in [9.17, 15) is 8.78 Å². The molecular formula is C16H18F2N2. The smallest absolute Gasteiger partial charge is 0.183 e. The summed E-state index contributed by atoms with van der Waals surface area (Å²) in [6.45, 7) is 1.56. The largest absolute Gasteiger partial charge is 0.369 e. The number of nitrogens with zero attached hydrogens (tertiary/aromatic N) is 2. The van der Waals surface area contributed by atoms with Gasteiger partial charge < -0.3 is 4.90 Å². The summed E-state index contributed by atoms with van der Waals surface area (Å²) >= 11 is 0. The number of benzene rings is 1. The Morgan fingerprint density at radius 2 is 1.65 bits per heavy atom. The monoisotopic (exact) mass is 276 g/mol. The van der Waals surface area contributed by atoms with Crippen molar-refractivity contribution in [2.45, 2.75) is 38.5 Å². The van der Waals surface area contributed by atoms with Crippen molar-refractivity contribution in [1.29, 1.82) is 5.26 Å². The van der Waals surface area contributed by atoms with Gasteiger partial charge in [-0.2, -0.15) is 5.26 Å². The summed E-state index contributed by atoms with van der Waals surface area (Å²) in [6, 6.07) is 4.57. The fraction of sp³-hybridized carbons (Fsp3) is 0.562. The van der Waals surface area contributed by atoms with Crippen molar-refractivity contribution in [3.63, 3.8) is 0 Å². The Kier molecular flexibility index (Phi) is 3.37. The summed E-state index contributed by atoms with van der Waals surface area (Å²) in [5.74, 6) is -1.91. The molecule has 1 spiro atoms. The van der Waals surface area contributed by atoms with Gasteiger partial charge in [0.05, 0.1) is 11.3 Å². The Labute approximate surface area is 118 Å². The minimum atomic E-state index is -1.02. The summed E-state index contributed by atoms with van der Waals surface area (Å²) in [5.41, 5.74) is 0.530. The molecule has 1 aromatic rings. The van der Waals surface area contributed by atoms with E-state index in [0.717, 1.165) is 25.9 Å². The first-order chi connectivity index (χ1) is 9.65. The second kappa shape index (κ2) is 5.05. The molecule has 20 heavy (non-hydrogen) atoms. The first-order valence-corrected chi connectivity index (χ1v) is 7.28. The van der Waals surface area contributed by atoms with E-state index in [1.54, 1.807) is 6.07 Å². The van der Waals surface area contributed by atoms with Crippen molar-refractivity contribution in [3.8, 4) is 6.07 Å². The average Bonchev–Trinajstić information content (AvgIpc) is 2.92. The van der Waals surface area contributed by atoms with Gasteiger partial charge in [-0.3, -0.25) is 0 Å². The number of anilines is 1. The van der Waals surface area contributed by atoms with Gasteiger partial charge in [-0.15, -0.1) is 0 Å². The number of piperidine rings is 1. The quantitative estimate of drug-likeness (QED) is 0.775. The number of nitriles is 1. The third-order valence-electron chi connectivity index (χ3n) is 5.01. The lowest BCUT2D eigenvalue weighted by atomic mass is 9.77. The summed E-state index contributed by atoms with van der Waals surface area (Å²) in [7, 11) is 0. The van der Waals surface area contributed by atoms with Crippen LogP contribution >= 0.6 is 0 Å². The predicted octanol–water partition coefficient (Wildman–Crippen LogP) is 4.00. The Hall–Kier alpha value is -1.63. The van der Waals surface area contributed by atoms with Crippen LogP contribution in [0.25, 0.3) is 0 Å². The van der Waals surface area contributed by atoms with E-state index >= 15 is 0 Å². The van der Waals surface area contributed by atoms with E-state index in [0.29, 0.717) is 11.1 Å². The zero-order chi connectivity index (χ0) is 14.2. The van der Waals surface area contributed by atoms with Crippen LogP contribution in [0.3, 0.4) is 0 Å². The molecule has 1 aromatic carbocycles. The van der Waals surface area contributed by atoms with E-state index in [-0.39, 0.29) is 5.56 Å². The maximum Gasteiger partial charge on any atom is 0.183 e. The van der Waals surface area contributed by atoms with Crippen molar-refractivity contribution >= 4 is 5.69 Å². The Bertz CT molecular complexity index is 546. The first-order valence-electron chi connectivity index (χ1n) is 7.28. The van der Waals surface area contributed by atoms with Crippen LogP contribution in [0.2, 0.25) is 0 Å². The molecule has 0 aromatic heterocycles. The normalized spacial score (nSPS) is 21.1. The summed E-state index contributed by atoms with van der Waals surface area (Å²) in [5, 5.41) is 8.71. The zero-order valence-corrected chi connectivity index (χ0v) is 11.5. The molecule has 2 aliphatic rings. The van der Waals surface area contributed by atoms with Crippen molar-refractivity contribution in [2.75, 3.05) is 18.0 Å². The highest BCUT2D eigenvalue weighted by Gasteiger charge is 2.37. The molecule has 0 radical (unpaired) electrons. The van der Waals surface area contributed by atoms with E-state index in [4.69, 9.17) is 5.26 Å². The van der Waals surface area contributed by atoms with Crippen LogP contribution in [0.5, 0.6) is 0 Å². The first kappa shape index (κ1) is 13.4. The summed E-state index contributed by atoms with van der Waals surface area (Å²) in [6.07, 6.45) is 7.30. The van der Waals surface area contributed by atoms with Crippen molar-refractivity contribution in [2.24, 2.45) is 5.41 Å². The molecule has 1 saturated heterocycles. The average molecular weight is 276 g/mol. The van der Waals surface area contributed by atoms with Crippen molar-refractivity contribution in [3.05, 3.63) is 29.3 Å². The molecule has 0 amide bonds. The van der Waals surface area contributed by atoms with E-state index in [1.165, 1.54) is 37.8 Å². The number of rotatable bonds is 1. The lowest BCUT2D eigenvalue weighted by molar-refractivity contribution is 0.226. The number of halogens is 2. The van der Waals surface area contributed by atoms with Crippen LogP contribution in [-0.4, -0.2) is 13.1 Å². The van der Waals surface area contributed by atoms with Crippen LogP contribution in [0, 0.1) is 28.4 Å². The molecule has 106 valence electrons. The molecule has 4 heteroatoms. The Morgan fingerprint density at radius 1 is 1.00 bits per heavy atom. The predicted molar refractivity (Wildman–Crippen MR) is 73.4 cm³/mol. The molecule has 1 saturated carbocycles. The molecule has 2 fully saturated rings. The molecule has 0 bridgehead atoms. The van der Waals surface area contributed by atoms with Gasteiger partial charge in [-0.25, -0.2) is 8.78 Å². The molecule has 1 aliphatic heterocycles. The maximum atomic E-state index is 14.0. The van der Waals surface area contributed by atoms with Gasteiger partial charge in [-0.05, 0) is 43.2 Å². The van der Waals surface area contributed by atoms with Crippen LogP contribution in [0.1, 0.15) is 44.1 Å². The SMILES string of the molecule is N#Cc1ccc(N2CCC3(CCCC3)CC2)c(F)c1F. The van der Waals surface area contributed by atoms with Crippen LogP contribution in [-0.2, 0) is 0 Å². The molecule has 3 rings (SSSR count). The Balaban J connectivity index is 1.78. The fourth-order valence-electron chi connectivity index (χ4n) is 3.72. The van der Waals surface area contributed by atoms with Crippen molar-refractivity contribution < 1.29 is 8.78 Å². The van der Waals surface area contributed by atoms with Crippen LogP contribution in [0.15, 0.2) is 12.1 Å². The van der Waals surface area contributed by atoms with Gasteiger partial charge in [0, 0.05) is 13.1 Å². The third-order valence-corrected chi connectivity index (χ3v) is 5.01. The molecule has 0 unspecified atom stereocenters. The molecule has 0 N–H and O–H groups in total. The lowest BCUT2D eigenvalue weighted by Crippen LogP contribution is -2.39.